The Bertz CT molecular complexity index is 439. The van der Waals surface area contributed by atoms with Gasteiger partial charge in [0, 0.05) is 18.7 Å². The Morgan fingerprint density at radius 2 is 1.75 bits per heavy atom. The van der Waals surface area contributed by atoms with Gasteiger partial charge >= 0.3 is 6.03 Å². The number of aromatic nitrogens is 1. The molecule has 0 radical (unpaired) electrons. The van der Waals surface area contributed by atoms with Crippen LogP contribution in [-0.4, -0.2) is 18.5 Å². The molecule has 1 aromatic rings. The van der Waals surface area contributed by atoms with Crippen LogP contribution in [0.1, 0.15) is 45.1 Å². The number of hydrogen-bond acceptors (Lipinski definition) is 2. The van der Waals surface area contributed by atoms with Crippen molar-refractivity contribution in [2.75, 3.05) is 6.54 Å². The molecule has 5 heteroatoms. The predicted octanol–water partition coefficient (Wildman–Crippen LogP) is 1.72. The first-order chi connectivity index (χ1) is 9.60. The largest absolute Gasteiger partial charge is 0.338 e. The lowest BCUT2D eigenvalue weighted by atomic mass is 9.95. The average molecular weight is 278 g/mol. The number of hydrogen-bond donors (Lipinski definition) is 2. The third-order valence-electron chi connectivity index (χ3n) is 3.29. The summed E-state index contributed by atoms with van der Waals surface area (Å²) in [5.41, 5.74) is 1.29. The predicted molar refractivity (Wildman–Crippen MR) is 77.2 cm³/mol. The van der Waals surface area contributed by atoms with Gasteiger partial charge in [-0.15, -0.1) is 0 Å². The first-order valence-electron chi connectivity index (χ1n) is 7.17. The third kappa shape index (κ3) is 4.99. The molecule has 0 saturated heterocycles. The second-order valence-corrected chi connectivity index (χ2v) is 4.72. The van der Waals surface area contributed by atoms with Gasteiger partial charge in [-0.1, -0.05) is 13.8 Å². The maximum Gasteiger partial charge on any atom is 0.321 e. The lowest BCUT2D eigenvalue weighted by Gasteiger charge is -2.11. The van der Waals surface area contributed by atoms with Crippen molar-refractivity contribution in [3.63, 3.8) is 0 Å². The Labute approximate surface area is 120 Å². The maximum absolute atomic E-state index is 11.6. The van der Waals surface area contributed by atoms with Crippen LogP contribution in [0.3, 0.4) is 0 Å². The Morgan fingerprint density at radius 1 is 1.15 bits per heavy atom. The number of nitrogens with one attached hydrogen (secondary N) is 2. The summed E-state index contributed by atoms with van der Waals surface area (Å²) in [6.45, 7) is 6.79. The maximum atomic E-state index is 11.6. The van der Waals surface area contributed by atoms with Gasteiger partial charge in [0.15, 0.2) is 12.4 Å². The van der Waals surface area contributed by atoms with Gasteiger partial charge in [0.25, 0.3) is 5.91 Å². The molecule has 1 heterocycles. The molecule has 0 saturated carbocycles. The Kier molecular flexibility index (Phi) is 6.70. The van der Waals surface area contributed by atoms with Gasteiger partial charge in [-0.05, 0) is 31.2 Å². The standard InChI is InChI=1S/C15H23N3O2/c1-4-12(5-2)13-7-9-18(10-8-13)11-14(19)17-15(20)16-6-3/h7-10,12H,4-6,11H2,1-3H3,(H-,16,17,19,20)/p+1. The fraction of sp³-hybridized carbons (Fsp3) is 0.533. The van der Waals surface area contributed by atoms with Crippen LogP contribution in [0, 0.1) is 0 Å². The third-order valence-corrected chi connectivity index (χ3v) is 3.29. The minimum Gasteiger partial charge on any atom is -0.338 e. The molecule has 5 nitrogen and oxygen atoms in total. The molecule has 0 spiro atoms. The molecule has 0 aliphatic carbocycles. The van der Waals surface area contributed by atoms with Crippen LogP contribution in [0.2, 0.25) is 0 Å². The van der Waals surface area contributed by atoms with Crippen molar-refractivity contribution in [2.45, 2.75) is 46.1 Å². The molecule has 0 aliphatic heterocycles. The van der Waals surface area contributed by atoms with Gasteiger partial charge in [-0.3, -0.25) is 10.1 Å². The van der Waals surface area contributed by atoms with Crippen LogP contribution in [0.25, 0.3) is 0 Å². The molecule has 3 amide bonds. The van der Waals surface area contributed by atoms with Crippen LogP contribution in [0.4, 0.5) is 4.79 Å². The summed E-state index contributed by atoms with van der Waals surface area (Å²) in [7, 11) is 0. The van der Waals surface area contributed by atoms with Gasteiger partial charge in [-0.25, -0.2) is 4.79 Å². The van der Waals surface area contributed by atoms with E-state index in [-0.39, 0.29) is 12.5 Å². The first kappa shape index (κ1) is 16.1. The molecule has 2 N–H and O–H groups in total. The number of rotatable bonds is 6. The van der Waals surface area contributed by atoms with E-state index in [1.807, 2.05) is 24.5 Å². The smallest absolute Gasteiger partial charge is 0.321 e. The van der Waals surface area contributed by atoms with E-state index in [0.29, 0.717) is 12.5 Å². The van der Waals surface area contributed by atoms with E-state index in [1.54, 1.807) is 11.5 Å². The van der Waals surface area contributed by atoms with E-state index in [0.717, 1.165) is 12.8 Å². The summed E-state index contributed by atoms with van der Waals surface area (Å²) < 4.78 is 1.76. The SMILES string of the molecule is CCNC(=O)NC(=O)C[n+]1ccc(C(CC)CC)cc1. The van der Waals surface area contributed by atoms with Crippen molar-refractivity contribution in [2.24, 2.45) is 0 Å². The van der Waals surface area contributed by atoms with Crippen molar-refractivity contribution < 1.29 is 14.2 Å². The van der Waals surface area contributed by atoms with Crippen LogP contribution in [0.5, 0.6) is 0 Å². The normalized spacial score (nSPS) is 10.4. The zero-order valence-electron chi connectivity index (χ0n) is 12.5. The van der Waals surface area contributed by atoms with E-state index < -0.39 is 6.03 Å². The van der Waals surface area contributed by atoms with Crippen LogP contribution < -0.4 is 15.2 Å². The Hall–Kier alpha value is -1.91. The van der Waals surface area contributed by atoms with Crippen LogP contribution in [0.15, 0.2) is 24.5 Å². The Balaban J connectivity index is 2.57. The highest BCUT2D eigenvalue weighted by atomic mass is 16.2. The molecule has 0 aromatic carbocycles. The number of imide groups is 1. The van der Waals surface area contributed by atoms with Crippen molar-refractivity contribution in [3.8, 4) is 0 Å². The van der Waals surface area contributed by atoms with Gasteiger partial charge < -0.3 is 5.32 Å². The minimum atomic E-state index is -0.452. The molecule has 0 fully saturated rings. The molecule has 1 rings (SSSR count). The quantitative estimate of drug-likeness (QED) is 0.778. The van der Waals surface area contributed by atoms with E-state index in [1.165, 1.54) is 5.56 Å². The van der Waals surface area contributed by atoms with Crippen LogP contribution >= 0.6 is 0 Å². The van der Waals surface area contributed by atoms with Gasteiger partial charge in [0.2, 0.25) is 6.54 Å². The summed E-state index contributed by atoms with van der Waals surface area (Å²) >= 11 is 0. The van der Waals surface area contributed by atoms with Crippen molar-refractivity contribution in [3.05, 3.63) is 30.1 Å². The zero-order chi connectivity index (χ0) is 15.0. The monoisotopic (exact) mass is 278 g/mol. The van der Waals surface area contributed by atoms with Gasteiger partial charge in [0.1, 0.15) is 0 Å². The summed E-state index contributed by atoms with van der Waals surface area (Å²) in [5.74, 6) is 0.241. The first-order valence-corrected chi connectivity index (χ1v) is 7.17. The number of nitrogens with zero attached hydrogens (tertiary/aromatic N) is 1. The molecule has 0 atom stereocenters. The summed E-state index contributed by atoms with van der Waals surface area (Å²) in [6.07, 6.45) is 5.98. The highest BCUT2D eigenvalue weighted by molar-refractivity contribution is 5.93. The van der Waals surface area contributed by atoms with Crippen molar-refractivity contribution in [1.29, 1.82) is 0 Å². The summed E-state index contributed by atoms with van der Waals surface area (Å²) in [5, 5.41) is 4.80. The van der Waals surface area contributed by atoms with E-state index in [2.05, 4.69) is 24.5 Å². The van der Waals surface area contributed by atoms with E-state index in [4.69, 9.17) is 0 Å². The minimum absolute atomic E-state index is 0.139. The van der Waals surface area contributed by atoms with Gasteiger partial charge in [-0.2, -0.15) is 4.57 Å². The zero-order valence-corrected chi connectivity index (χ0v) is 12.5. The summed E-state index contributed by atoms with van der Waals surface area (Å²) in [6, 6.07) is 3.63. The molecule has 110 valence electrons. The molecule has 0 aliphatic rings. The second-order valence-electron chi connectivity index (χ2n) is 4.72. The molecule has 0 unspecified atom stereocenters. The number of urea groups is 1. The van der Waals surface area contributed by atoms with E-state index >= 15 is 0 Å². The highest BCUT2D eigenvalue weighted by Crippen LogP contribution is 2.21. The van der Waals surface area contributed by atoms with Crippen molar-refractivity contribution >= 4 is 11.9 Å². The molecular formula is C15H24N3O2+. The topological polar surface area (TPSA) is 62.1 Å². The average Bonchev–Trinajstić information content (AvgIpc) is 2.42. The fourth-order valence-corrected chi connectivity index (χ4v) is 2.14. The number of pyridine rings is 1. The number of amides is 3. The second kappa shape index (κ2) is 8.30. The summed E-state index contributed by atoms with van der Waals surface area (Å²) in [4.78, 5) is 22.8. The number of carbonyl (C=O) groups is 2. The van der Waals surface area contributed by atoms with Crippen LogP contribution in [-0.2, 0) is 11.3 Å². The number of carbonyl (C=O) groups excluding carboxylic acids is 2. The molecule has 20 heavy (non-hydrogen) atoms. The fourth-order valence-electron chi connectivity index (χ4n) is 2.14. The van der Waals surface area contributed by atoms with Gasteiger partial charge in [0.05, 0.1) is 0 Å². The lowest BCUT2D eigenvalue weighted by Crippen LogP contribution is -2.47. The lowest BCUT2D eigenvalue weighted by molar-refractivity contribution is -0.684. The molecule has 0 bridgehead atoms. The van der Waals surface area contributed by atoms with Crippen molar-refractivity contribution in [1.82, 2.24) is 10.6 Å². The van der Waals surface area contributed by atoms with E-state index in [9.17, 15) is 9.59 Å². The molecule has 1 aromatic heterocycles. The highest BCUT2D eigenvalue weighted by Gasteiger charge is 2.13. The molecular weight excluding hydrogens is 254 g/mol. The Morgan fingerprint density at radius 3 is 2.25 bits per heavy atom.